The smallest absolute Gasteiger partial charge is 0.167 e. The third kappa shape index (κ3) is 7.33. The minimum absolute atomic E-state index is 0.105. The molecule has 0 aromatic heterocycles. The van der Waals surface area contributed by atoms with E-state index in [0.717, 1.165) is 18.1 Å². The van der Waals surface area contributed by atoms with Crippen LogP contribution in [0.3, 0.4) is 0 Å². The van der Waals surface area contributed by atoms with Gasteiger partial charge in [-0.15, -0.1) is 0 Å². The maximum absolute atomic E-state index is 12.8. The average Bonchev–Trinajstić information content (AvgIpc) is 3.42. The number of phenolic OH excluding ortho intramolecular Hbond substituents is 2. The monoisotopic (exact) mass is 434 g/mol. The molecule has 1 aromatic carbocycles. The van der Waals surface area contributed by atoms with E-state index in [1.165, 1.54) is 6.42 Å². The molecule has 2 unspecified atom stereocenters. The minimum Gasteiger partial charge on any atom is -0.507 e. The number of fused-ring (bicyclic) bond motifs is 2. The van der Waals surface area contributed by atoms with Crippen LogP contribution in [0, 0.1) is 17.8 Å². The summed E-state index contributed by atoms with van der Waals surface area (Å²) in [6.07, 6.45) is 10.9. The second kappa shape index (κ2) is 12.6. The third-order valence-electron chi connectivity index (χ3n) is 5.02. The minimum atomic E-state index is -0.225. The second-order valence-electron chi connectivity index (χ2n) is 7.70. The van der Waals surface area contributed by atoms with Gasteiger partial charge in [0.15, 0.2) is 5.78 Å². The quantitative estimate of drug-likeness (QED) is 0.489. The number of ether oxygens (including phenoxy) is 1. The molecule has 0 radical (unpaired) electrons. The van der Waals surface area contributed by atoms with Crippen molar-refractivity contribution in [3.8, 4) is 11.5 Å². The number of carbonyl (C=O) groups excluding carboxylic acids is 1. The number of aromatic hydroxyl groups is 2. The van der Waals surface area contributed by atoms with E-state index in [1.54, 1.807) is 14.2 Å². The number of hydrogen-bond donors (Lipinski definition) is 2. The first-order valence-corrected chi connectivity index (χ1v) is 10.9. The summed E-state index contributed by atoms with van der Waals surface area (Å²) in [6.45, 7) is 10.1. The fourth-order valence-corrected chi connectivity index (χ4v) is 3.86. The van der Waals surface area contributed by atoms with E-state index in [4.69, 9.17) is 11.6 Å². The van der Waals surface area contributed by atoms with Gasteiger partial charge in [-0.3, -0.25) is 4.79 Å². The molecule has 1 aromatic rings. The number of methoxy groups -OCH3 is 1. The van der Waals surface area contributed by atoms with Gasteiger partial charge in [-0.25, -0.2) is 0 Å². The van der Waals surface area contributed by atoms with Crippen LogP contribution in [0.1, 0.15) is 56.0 Å². The van der Waals surface area contributed by atoms with Gasteiger partial charge in [-0.1, -0.05) is 68.8 Å². The van der Waals surface area contributed by atoms with Crippen LogP contribution in [-0.4, -0.2) is 30.2 Å². The van der Waals surface area contributed by atoms with Crippen LogP contribution in [0.15, 0.2) is 42.5 Å². The number of halogens is 1. The molecule has 4 nitrogen and oxygen atoms in total. The molecule has 2 aliphatic carbocycles. The van der Waals surface area contributed by atoms with E-state index in [2.05, 4.69) is 24.3 Å². The molecule has 0 spiro atoms. The fourth-order valence-electron chi connectivity index (χ4n) is 3.64. The molecule has 0 saturated heterocycles. The number of allylic oxidation sites excluding steroid dienone is 5. The number of benzene rings is 1. The number of Topliss-reactive ketones (excluding diaryl/α,β-unsaturated/α-hetero) is 1. The maximum Gasteiger partial charge on any atom is 0.167 e. The number of carbonyl (C=O) groups is 1. The van der Waals surface area contributed by atoms with Crippen molar-refractivity contribution >= 4 is 17.4 Å². The third-order valence-corrected chi connectivity index (χ3v) is 5.44. The highest BCUT2D eigenvalue weighted by atomic mass is 35.5. The summed E-state index contributed by atoms with van der Waals surface area (Å²) in [5.41, 5.74) is 1.41. The SMILES string of the molecule is C=C1/C=C/C=C\C2CC2C[C@@H](C)CC(=O)c2c(O)cc(O)c(Cl)c2C1.CC.COC. The van der Waals surface area contributed by atoms with E-state index in [1.807, 2.05) is 32.1 Å². The zero-order chi connectivity index (χ0) is 22.8. The van der Waals surface area contributed by atoms with Gasteiger partial charge in [0.05, 0.1) is 10.6 Å². The molecule has 5 heteroatoms. The normalized spacial score (nSPS) is 25.2. The molecule has 1 saturated carbocycles. The Bertz CT molecular complexity index is 795. The predicted octanol–water partition coefficient (Wildman–Crippen LogP) is 6.50. The lowest BCUT2D eigenvalue weighted by atomic mass is 9.90. The van der Waals surface area contributed by atoms with Gasteiger partial charge < -0.3 is 14.9 Å². The molecule has 0 bridgehead atoms. The van der Waals surface area contributed by atoms with Crippen LogP contribution < -0.4 is 0 Å². The average molecular weight is 435 g/mol. The van der Waals surface area contributed by atoms with Crippen molar-refractivity contribution < 1.29 is 19.7 Å². The first-order valence-electron chi connectivity index (χ1n) is 10.5. The molecule has 0 heterocycles. The summed E-state index contributed by atoms with van der Waals surface area (Å²) in [6, 6.07) is 1.14. The zero-order valence-corrected chi connectivity index (χ0v) is 19.5. The zero-order valence-electron chi connectivity index (χ0n) is 18.7. The molecular weight excluding hydrogens is 400 g/mol. The van der Waals surface area contributed by atoms with E-state index in [0.29, 0.717) is 30.2 Å². The summed E-state index contributed by atoms with van der Waals surface area (Å²) in [4.78, 5) is 12.8. The van der Waals surface area contributed by atoms with E-state index < -0.39 is 0 Å². The standard InChI is InChI=1S/C21H23ClO3.C2H6O.C2H6/c1-12-5-3-4-6-14-10-15(14)7-13(2)9-17(23)20-16(8-12)21(22)19(25)11-18(20)24;1-3-2;1-2/h3-6,11,13-15,24-25H,1,7-10H2,2H3;1-2H3;1-2H3/b5-3+,6-4-;;/t13-,14?,15?;;/m1../s1. The van der Waals surface area contributed by atoms with Gasteiger partial charge in [-0.05, 0) is 42.6 Å². The van der Waals surface area contributed by atoms with Crippen molar-refractivity contribution in [3.05, 3.63) is 58.7 Å². The largest absolute Gasteiger partial charge is 0.507 e. The van der Waals surface area contributed by atoms with Crippen LogP contribution in [0.25, 0.3) is 0 Å². The molecule has 0 aliphatic heterocycles. The molecule has 3 atom stereocenters. The Balaban J connectivity index is 0.000000826. The Kier molecular flexibility index (Phi) is 10.9. The van der Waals surface area contributed by atoms with Crippen molar-refractivity contribution in [2.45, 2.75) is 46.5 Å². The van der Waals surface area contributed by atoms with Crippen molar-refractivity contribution in [3.63, 3.8) is 0 Å². The molecule has 166 valence electrons. The number of hydrogen-bond acceptors (Lipinski definition) is 4. The van der Waals surface area contributed by atoms with E-state index in [-0.39, 0.29) is 33.8 Å². The highest BCUT2D eigenvalue weighted by Crippen LogP contribution is 2.45. The van der Waals surface area contributed by atoms with E-state index >= 15 is 0 Å². The van der Waals surface area contributed by atoms with Crippen LogP contribution in [-0.2, 0) is 11.2 Å². The lowest BCUT2D eigenvalue weighted by molar-refractivity contribution is 0.0958. The lowest BCUT2D eigenvalue weighted by Crippen LogP contribution is -2.11. The predicted molar refractivity (Wildman–Crippen MR) is 125 cm³/mol. The molecule has 2 aliphatic rings. The molecule has 3 rings (SSSR count). The van der Waals surface area contributed by atoms with Crippen molar-refractivity contribution in [2.75, 3.05) is 14.2 Å². The Morgan fingerprint density at radius 1 is 1.13 bits per heavy atom. The Hall–Kier alpha value is -2.04. The first kappa shape index (κ1) is 26.0. The first-order chi connectivity index (χ1) is 14.3. The molecular formula is C25H35ClO4. The van der Waals surface area contributed by atoms with Gasteiger partial charge in [-0.2, -0.15) is 0 Å². The summed E-state index contributed by atoms with van der Waals surface area (Å²) in [5, 5.41) is 20.3. The Morgan fingerprint density at radius 2 is 1.77 bits per heavy atom. The number of rotatable bonds is 0. The topological polar surface area (TPSA) is 66.8 Å². The van der Waals surface area contributed by atoms with Crippen LogP contribution in [0.4, 0.5) is 0 Å². The summed E-state index contributed by atoms with van der Waals surface area (Å²) in [5.74, 6) is 0.890. The summed E-state index contributed by atoms with van der Waals surface area (Å²) >= 11 is 6.24. The molecule has 0 amide bonds. The molecule has 30 heavy (non-hydrogen) atoms. The highest BCUT2D eigenvalue weighted by Gasteiger charge is 2.36. The lowest BCUT2D eigenvalue weighted by Gasteiger charge is -2.16. The van der Waals surface area contributed by atoms with Crippen LogP contribution >= 0.6 is 11.6 Å². The second-order valence-corrected chi connectivity index (χ2v) is 8.08. The summed E-state index contributed by atoms with van der Waals surface area (Å²) < 4.78 is 4.25. The number of ketones is 1. The van der Waals surface area contributed by atoms with Crippen molar-refractivity contribution in [2.24, 2.45) is 17.8 Å². The van der Waals surface area contributed by atoms with Crippen LogP contribution in [0.2, 0.25) is 5.02 Å². The molecule has 2 N–H and O–H groups in total. The van der Waals surface area contributed by atoms with Crippen molar-refractivity contribution in [1.82, 2.24) is 0 Å². The van der Waals surface area contributed by atoms with Gasteiger partial charge in [0, 0.05) is 26.7 Å². The summed E-state index contributed by atoms with van der Waals surface area (Å²) in [7, 11) is 3.25. The Morgan fingerprint density at radius 3 is 2.40 bits per heavy atom. The van der Waals surface area contributed by atoms with Gasteiger partial charge in [0.1, 0.15) is 11.5 Å². The van der Waals surface area contributed by atoms with E-state index in [9.17, 15) is 15.0 Å². The van der Waals surface area contributed by atoms with Gasteiger partial charge in [0.2, 0.25) is 0 Å². The number of phenols is 2. The maximum atomic E-state index is 12.8. The molecule has 1 fully saturated rings. The van der Waals surface area contributed by atoms with Crippen molar-refractivity contribution in [1.29, 1.82) is 0 Å². The highest BCUT2D eigenvalue weighted by molar-refractivity contribution is 6.33. The fraction of sp³-hybridized carbons (Fsp3) is 0.480. The Labute approximate surface area is 185 Å². The van der Waals surface area contributed by atoms with Gasteiger partial charge in [0.25, 0.3) is 0 Å². The van der Waals surface area contributed by atoms with Crippen LogP contribution in [0.5, 0.6) is 11.5 Å². The van der Waals surface area contributed by atoms with Gasteiger partial charge >= 0.3 is 0 Å².